The second-order valence-electron chi connectivity index (χ2n) is 4.44. The van der Waals surface area contributed by atoms with Gasteiger partial charge in [-0.05, 0) is 53.5 Å². The van der Waals surface area contributed by atoms with Crippen LogP contribution in [0.1, 0.15) is 11.3 Å². The molecule has 0 spiro atoms. The lowest BCUT2D eigenvalue weighted by molar-refractivity contribution is -0.0850. The first kappa shape index (κ1) is 10.3. The van der Waals surface area contributed by atoms with Crippen LogP contribution in [0, 0.1) is 5.92 Å². The van der Waals surface area contributed by atoms with Crippen molar-refractivity contribution in [2.45, 2.75) is 11.8 Å². The summed E-state index contributed by atoms with van der Waals surface area (Å²) in [6.45, 7) is 4.14. The molecule has 1 unspecified atom stereocenters. The molecular weight excluding hydrogens is 274 g/mol. The minimum Gasteiger partial charge on any atom is -0.379 e. The van der Waals surface area contributed by atoms with E-state index in [0.717, 1.165) is 25.7 Å². The summed E-state index contributed by atoms with van der Waals surface area (Å²) in [6, 6.07) is 4.41. The van der Waals surface area contributed by atoms with Gasteiger partial charge in [0.05, 0.1) is 22.4 Å². The van der Waals surface area contributed by atoms with Crippen molar-refractivity contribution in [1.82, 2.24) is 5.32 Å². The molecule has 82 valence electrons. The van der Waals surface area contributed by atoms with Crippen LogP contribution < -0.4 is 5.32 Å². The lowest BCUT2D eigenvalue weighted by Gasteiger charge is -2.45. The molecule has 0 bridgehead atoms. The molecule has 0 radical (unpaired) electrons. The number of nitrogens with one attached hydrogen (secondary N) is 1. The molecule has 2 aliphatic heterocycles. The predicted octanol–water partition coefficient (Wildman–Crippen LogP) is 2.39. The second-order valence-corrected chi connectivity index (χ2v) is 6.91. The third kappa shape index (κ3) is 1.58. The van der Waals surface area contributed by atoms with E-state index >= 15 is 0 Å². The first-order valence-electron chi connectivity index (χ1n) is 5.35. The number of halogens is 1. The van der Waals surface area contributed by atoms with E-state index in [9.17, 15) is 0 Å². The van der Waals surface area contributed by atoms with E-state index in [-0.39, 0.29) is 0 Å². The normalized spacial score (nSPS) is 29.0. The van der Waals surface area contributed by atoms with Crippen LogP contribution in [-0.2, 0) is 10.2 Å². The summed E-state index contributed by atoms with van der Waals surface area (Å²) in [4.78, 5) is 1.49. The first-order chi connectivity index (χ1) is 7.31. The van der Waals surface area contributed by atoms with E-state index < -0.39 is 0 Å². The van der Waals surface area contributed by atoms with Crippen molar-refractivity contribution in [1.29, 1.82) is 0 Å². The lowest BCUT2D eigenvalue weighted by Crippen LogP contribution is -2.52. The SMILES string of the molecule is Brc1ccc(C2(C3CCNC3)COC2)s1. The topological polar surface area (TPSA) is 21.3 Å². The van der Waals surface area contributed by atoms with Crippen LogP contribution in [0.2, 0.25) is 0 Å². The molecule has 1 atom stereocenters. The molecule has 2 fully saturated rings. The van der Waals surface area contributed by atoms with Crippen molar-refractivity contribution in [2.24, 2.45) is 5.92 Å². The van der Waals surface area contributed by atoms with Crippen LogP contribution in [-0.4, -0.2) is 26.3 Å². The number of hydrogen-bond donors (Lipinski definition) is 1. The van der Waals surface area contributed by atoms with Gasteiger partial charge in [-0.1, -0.05) is 0 Å². The standard InChI is InChI=1S/C11H14BrNOS/c12-10-2-1-9(15-10)11(6-14-7-11)8-3-4-13-5-8/h1-2,8,13H,3-7H2. The van der Waals surface area contributed by atoms with Crippen molar-refractivity contribution in [2.75, 3.05) is 26.3 Å². The van der Waals surface area contributed by atoms with Gasteiger partial charge in [0, 0.05) is 4.88 Å². The number of ether oxygens (including phenoxy) is 1. The van der Waals surface area contributed by atoms with E-state index in [1.54, 1.807) is 0 Å². The van der Waals surface area contributed by atoms with Gasteiger partial charge >= 0.3 is 0 Å². The van der Waals surface area contributed by atoms with Gasteiger partial charge in [0.25, 0.3) is 0 Å². The fourth-order valence-corrected chi connectivity index (χ4v) is 4.23. The molecule has 4 heteroatoms. The van der Waals surface area contributed by atoms with Gasteiger partial charge in [0.15, 0.2) is 0 Å². The Kier molecular flexibility index (Phi) is 2.63. The highest BCUT2D eigenvalue weighted by Gasteiger charge is 2.48. The Balaban J connectivity index is 1.91. The molecule has 1 aromatic heterocycles. The highest BCUT2D eigenvalue weighted by Crippen LogP contribution is 2.45. The Morgan fingerprint density at radius 3 is 2.80 bits per heavy atom. The number of thiophene rings is 1. The van der Waals surface area contributed by atoms with E-state index in [1.807, 2.05) is 11.3 Å². The third-order valence-corrected chi connectivity index (χ3v) is 5.47. The van der Waals surface area contributed by atoms with Crippen molar-refractivity contribution < 1.29 is 4.74 Å². The highest BCUT2D eigenvalue weighted by atomic mass is 79.9. The molecule has 2 aliphatic rings. The lowest BCUT2D eigenvalue weighted by atomic mass is 9.72. The van der Waals surface area contributed by atoms with Gasteiger partial charge in [-0.2, -0.15) is 0 Å². The summed E-state index contributed by atoms with van der Waals surface area (Å²) in [7, 11) is 0. The first-order valence-corrected chi connectivity index (χ1v) is 6.96. The molecule has 2 nitrogen and oxygen atoms in total. The summed E-state index contributed by atoms with van der Waals surface area (Å²) >= 11 is 5.41. The highest BCUT2D eigenvalue weighted by molar-refractivity contribution is 9.11. The summed E-state index contributed by atoms with van der Waals surface area (Å²) in [6.07, 6.45) is 1.29. The number of rotatable bonds is 2. The third-order valence-electron chi connectivity index (χ3n) is 3.62. The van der Waals surface area contributed by atoms with Crippen LogP contribution in [0.15, 0.2) is 15.9 Å². The number of hydrogen-bond acceptors (Lipinski definition) is 3. The Hall–Kier alpha value is 0.1000. The summed E-state index contributed by atoms with van der Waals surface area (Å²) in [5.74, 6) is 0.761. The van der Waals surface area contributed by atoms with Gasteiger partial charge in [-0.3, -0.25) is 0 Å². The maximum atomic E-state index is 5.48. The van der Waals surface area contributed by atoms with E-state index in [1.165, 1.54) is 21.6 Å². The summed E-state index contributed by atoms with van der Waals surface area (Å²) in [5.41, 5.74) is 0.320. The Bertz CT molecular complexity index is 355. The molecular formula is C11H14BrNOS. The Morgan fingerprint density at radius 1 is 1.47 bits per heavy atom. The molecule has 0 aliphatic carbocycles. The maximum absolute atomic E-state index is 5.48. The van der Waals surface area contributed by atoms with Crippen molar-refractivity contribution in [3.63, 3.8) is 0 Å². The summed E-state index contributed by atoms with van der Waals surface area (Å²) < 4.78 is 6.71. The molecule has 0 aromatic carbocycles. The van der Waals surface area contributed by atoms with Crippen molar-refractivity contribution >= 4 is 27.3 Å². The zero-order valence-electron chi connectivity index (χ0n) is 8.46. The smallest absolute Gasteiger partial charge is 0.0701 e. The minimum atomic E-state index is 0.320. The Labute approximate surface area is 102 Å². The van der Waals surface area contributed by atoms with E-state index in [0.29, 0.717) is 5.41 Å². The fourth-order valence-electron chi connectivity index (χ4n) is 2.61. The van der Waals surface area contributed by atoms with Gasteiger partial charge in [0.2, 0.25) is 0 Å². The van der Waals surface area contributed by atoms with E-state index in [2.05, 4.69) is 33.4 Å². The van der Waals surface area contributed by atoms with Gasteiger partial charge in [-0.25, -0.2) is 0 Å². The van der Waals surface area contributed by atoms with Crippen molar-refractivity contribution in [3.8, 4) is 0 Å². The molecule has 0 saturated carbocycles. The molecule has 2 saturated heterocycles. The van der Waals surface area contributed by atoms with Gasteiger partial charge < -0.3 is 10.1 Å². The average molecular weight is 288 g/mol. The quantitative estimate of drug-likeness (QED) is 0.902. The van der Waals surface area contributed by atoms with E-state index in [4.69, 9.17) is 4.74 Å². The molecule has 3 heterocycles. The Morgan fingerprint density at radius 2 is 2.33 bits per heavy atom. The zero-order valence-corrected chi connectivity index (χ0v) is 10.9. The second kappa shape index (κ2) is 3.84. The molecule has 3 rings (SSSR count). The van der Waals surface area contributed by atoms with Crippen LogP contribution >= 0.6 is 27.3 Å². The van der Waals surface area contributed by atoms with Crippen LogP contribution in [0.25, 0.3) is 0 Å². The summed E-state index contributed by atoms with van der Waals surface area (Å²) in [5, 5.41) is 3.46. The van der Waals surface area contributed by atoms with Crippen LogP contribution in [0.5, 0.6) is 0 Å². The molecule has 1 aromatic rings. The zero-order chi connectivity index (χ0) is 10.3. The maximum Gasteiger partial charge on any atom is 0.0701 e. The fraction of sp³-hybridized carbons (Fsp3) is 0.636. The monoisotopic (exact) mass is 287 g/mol. The molecule has 15 heavy (non-hydrogen) atoms. The average Bonchev–Trinajstić information content (AvgIpc) is 2.75. The molecule has 1 N–H and O–H groups in total. The minimum absolute atomic E-state index is 0.320. The van der Waals surface area contributed by atoms with Gasteiger partial charge in [-0.15, -0.1) is 11.3 Å². The van der Waals surface area contributed by atoms with Crippen LogP contribution in [0.3, 0.4) is 0 Å². The van der Waals surface area contributed by atoms with Crippen LogP contribution in [0.4, 0.5) is 0 Å². The van der Waals surface area contributed by atoms with Crippen molar-refractivity contribution in [3.05, 3.63) is 20.8 Å². The van der Waals surface area contributed by atoms with Gasteiger partial charge in [0.1, 0.15) is 0 Å². The predicted molar refractivity (Wildman–Crippen MR) is 65.5 cm³/mol. The molecule has 0 amide bonds. The largest absolute Gasteiger partial charge is 0.379 e.